The van der Waals surface area contributed by atoms with Crippen LogP contribution in [0.4, 0.5) is 11.4 Å². The van der Waals surface area contributed by atoms with E-state index in [0.29, 0.717) is 5.69 Å². The second-order valence-electron chi connectivity index (χ2n) is 6.60. The average molecular weight is 504 g/mol. The van der Waals surface area contributed by atoms with Crippen LogP contribution in [0.15, 0.2) is 86.7 Å². The molecule has 0 bridgehead atoms. The predicted octanol–water partition coefficient (Wildman–Crippen LogP) is 3.85. The number of azo groups is 1. The van der Waals surface area contributed by atoms with E-state index in [1.54, 1.807) is 12.1 Å². The summed E-state index contributed by atoms with van der Waals surface area (Å²) in [5.74, 6) is -0.849. The van der Waals surface area contributed by atoms with Crippen LogP contribution in [-0.4, -0.2) is 90.2 Å². The van der Waals surface area contributed by atoms with Gasteiger partial charge in [-0.25, -0.2) is 0 Å². The third-order valence-electron chi connectivity index (χ3n) is 4.62. The summed E-state index contributed by atoms with van der Waals surface area (Å²) < 4.78 is 65.1. The molecule has 0 unspecified atom stereocenters. The van der Waals surface area contributed by atoms with E-state index in [1.807, 2.05) is 30.3 Å². The molecule has 0 amide bonds. The van der Waals surface area contributed by atoms with E-state index in [9.17, 15) is 31.0 Å². The van der Waals surface area contributed by atoms with Crippen molar-refractivity contribution in [2.45, 2.75) is 9.79 Å². The van der Waals surface area contributed by atoms with Crippen LogP contribution in [0.3, 0.4) is 0 Å². The van der Waals surface area contributed by atoms with Gasteiger partial charge in [0.1, 0.15) is 10.6 Å². The number of phenolic OH excluding ortho intramolecular Hbond substituents is 1. The Bertz CT molecular complexity index is 1600. The molecule has 2 radical (unpaired) electrons. The summed E-state index contributed by atoms with van der Waals surface area (Å²) in [5.41, 5.74) is 0.150. The molecule has 0 saturated heterocycles. The fraction of sp³-hybridized carbons (Fsp3) is 0. The molecule has 0 atom stereocenters. The number of nitrogens with zero attached hydrogens (tertiary/aromatic N) is 2. The summed E-state index contributed by atoms with van der Waals surface area (Å²) in [7, 11) is -9.45. The van der Waals surface area contributed by atoms with E-state index in [2.05, 4.69) is 10.2 Å². The smallest absolute Gasteiger partial charge is 0.298 e. The maximum Gasteiger partial charge on any atom is 0.298 e. The van der Waals surface area contributed by atoms with Crippen LogP contribution < -0.4 is 0 Å². The molecular formula is C20H14N2Na2O7S2. The molecule has 0 heterocycles. The summed E-state index contributed by atoms with van der Waals surface area (Å²) in [6.45, 7) is 0. The molecule has 0 fully saturated rings. The Morgan fingerprint density at radius 2 is 1.33 bits per heavy atom. The van der Waals surface area contributed by atoms with Crippen molar-refractivity contribution in [3.8, 4) is 5.75 Å². The van der Waals surface area contributed by atoms with Crippen molar-refractivity contribution in [3.05, 3.63) is 66.7 Å². The molecule has 13 heteroatoms. The number of benzene rings is 4. The van der Waals surface area contributed by atoms with Gasteiger partial charge in [-0.1, -0.05) is 42.5 Å². The van der Waals surface area contributed by atoms with Crippen molar-refractivity contribution in [1.29, 1.82) is 0 Å². The van der Waals surface area contributed by atoms with Crippen LogP contribution in [0.2, 0.25) is 0 Å². The zero-order valence-electron chi connectivity index (χ0n) is 17.5. The first-order valence-corrected chi connectivity index (χ1v) is 11.6. The van der Waals surface area contributed by atoms with E-state index >= 15 is 0 Å². The Labute approximate surface area is 233 Å². The maximum absolute atomic E-state index is 11.7. The first-order chi connectivity index (χ1) is 14.6. The molecule has 0 aliphatic rings. The summed E-state index contributed by atoms with van der Waals surface area (Å²) in [6, 6.07) is 16.8. The van der Waals surface area contributed by atoms with Crippen LogP contribution >= 0.6 is 0 Å². The molecule has 0 saturated carbocycles. The fourth-order valence-electron chi connectivity index (χ4n) is 3.19. The molecule has 0 spiro atoms. The predicted molar refractivity (Wildman–Crippen MR) is 125 cm³/mol. The van der Waals surface area contributed by atoms with Crippen molar-refractivity contribution >= 4 is 112 Å². The van der Waals surface area contributed by atoms with Crippen LogP contribution in [0, 0.1) is 0 Å². The number of fused-ring (bicyclic) bond motifs is 2. The van der Waals surface area contributed by atoms with Crippen molar-refractivity contribution in [2.24, 2.45) is 10.2 Å². The second-order valence-corrected chi connectivity index (χ2v) is 9.41. The average Bonchev–Trinajstić information content (AvgIpc) is 2.71. The quantitative estimate of drug-likeness (QED) is 0.217. The third kappa shape index (κ3) is 5.82. The van der Waals surface area contributed by atoms with Crippen LogP contribution in [0.25, 0.3) is 21.5 Å². The van der Waals surface area contributed by atoms with Crippen molar-refractivity contribution in [3.63, 3.8) is 0 Å². The van der Waals surface area contributed by atoms with Gasteiger partial charge >= 0.3 is 0 Å². The molecule has 4 aromatic rings. The minimum absolute atomic E-state index is 0. The van der Waals surface area contributed by atoms with Gasteiger partial charge in [-0.15, -0.1) is 10.2 Å². The number of hydrogen-bond donors (Lipinski definition) is 3. The summed E-state index contributed by atoms with van der Waals surface area (Å²) in [5, 5.41) is 20.4. The van der Waals surface area contributed by atoms with Gasteiger partial charge in [-0.2, -0.15) is 16.8 Å². The Balaban J connectivity index is 0.00000193. The fourth-order valence-corrected chi connectivity index (χ4v) is 4.32. The Hall–Kier alpha value is -1.38. The molecule has 3 N–H and O–H groups in total. The molecular weight excluding hydrogens is 490 g/mol. The van der Waals surface area contributed by atoms with Gasteiger partial charge in [-0.3, -0.25) is 9.11 Å². The Morgan fingerprint density at radius 1 is 0.667 bits per heavy atom. The molecule has 33 heavy (non-hydrogen) atoms. The topological polar surface area (TPSA) is 154 Å². The molecule has 0 aromatic heterocycles. The SMILES string of the molecule is O=S(=O)(O)c1ccc2c(N=Nc3cccc4ccccc34)c(O)c(S(=O)(=O)O)cc2c1.[Na].[Na]. The third-order valence-corrected chi connectivity index (χ3v) is 6.34. The Kier molecular flexibility index (Phi) is 8.85. The van der Waals surface area contributed by atoms with E-state index in [-0.39, 0.29) is 75.6 Å². The summed E-state index contributed by atoms with van der Waals surface area (Å²) >= 11 is 0. The van der Waals surface area contributed by atoms with E-state index < -0.39 is 35.8 Å². The van der Waals surface area contributed by atoms with Gasteiger partial charge in [0.15, 0.2) is 5.75 Å². The minimum atomic E-state index is -4.88. The van der Waals surface area contributed by atoms with E-state index in [1.165, 1.54) is 6.07 Å². The molecule has 160 valence electrons. The van der Waals surface area contributed by atoms with Crippen LogP contribution in [-0.2, 0) is 20.2 Å². The number of aromatic hydroxyl groups is 1. The normalized spacial score (nSPS) is 11.9. The van der Waals surface area contributed by atoms with Gasteiger partial charge in [0.2, 0.25) is 0 Å². The Morgan fingerprint density at radius 3 is 2.00 bits per heavy atom. The van der Waals surface area contributed by atoms with Gasteiger partial charge in [0.25, 0.3) is 20.2 Å². The molecule has 4 aromatic carbocycles. The number of phenols is 1. The summed E-state index contributed by atoms with van der Waals surface area (Å²) in [4.78, 5) is -1.37. The molecule has 4 rings (SSSR count). The maximum atomic E-state index is 11.7. The first kappa shape index (κ1) is 27.9. The van der Waals surface area contributed by atoms with Gasteiger partial charge in [0, 0.05) is 69.9 Å². The molecule has 0 aliphatic heterocycles. The first-order valence-electron chi connectivity index (χ1n) is 8.70. The van der Waals surface area contributed by atoms with Crippen LogP contribution in [0.5, 0.6) is 5.75 Å². The van der Waals surface area contributed by atoms with Gasteiger partial charge < -0.3 is 5.11 Å². The van der Waals surface area contributed by atoms with Gasteiger partial charge in [-0.05, 0) is 35.0 Å². The zero-order valence-corrected chi connectivity index (χ0v) is 23.2. The second kappa shape index (κ2) is 10.5. The van der Waals surface area contributed by atoms with E-state index in [4.69, 9.17) is 0 Å². The molecule has 0 aliphatic carbocycles. The van der Waals surface area contributed by atoms with Crippen molar-refractivity contribution in [2.75, 3.05) is 0 Å². The van der Waals surface area contributed by atoms with Crippen molar-refractivity contribution < 1.29 is 31.0 Å². The zero-order chi connectivity index (χ0) is 22.4. The standard InChI is InChI=1S/C20H14N2O7S2.2Na/c23-20-18(31(27,28)29)11-13-10-14(30(24,25)26)8-9-16(13)19(20)22-21-17-7-3-5-12-4-1-2-6-15(12)17;;/h1-11,23H,(H,24,25,26)(H,27,28,29);;. The number of rotatable bonds is 4. The van der Waals surface area contributed by atoms with E-state index in [0.717, 1.165) is 29.0 Å². The monoisotopic (exact) mass is 504 g/mol. The minimum Gasteiger partial charge on any atom is -0.504 e. The van der Waals surface area contributed by atoms with Crippen LogP contribution in [0.1, 0.15) is 0 Å². The largest absolute Gasteiger partial charge is 0.504 e. The van der Waals surface area contributed by atoms with Crippen molar-refractivity contribution in [1.82, 2.24) is 0 Å². The summed E-state index contributed by atoms with van der Waals surface area (Å²) in [6.07, 6.45) is 0. The van der Waals surface area contributed by atoms with Gasteiger partial charge in [0.05, 0.1) is 10.6 Å². The number of hydrogen-bond acceptors (Lipinski definition) is 7. The molecule has 9 nitrogen and oxygen atoms in total.